The smallest absolute Gasteiger partial charge is 0.250 e. The van der Waals surface area contributed by atoms with E-state index in [2.05, 4.69) is 0 Å². The summed E-state index contributed by atoms with van der Waals surface area (Å²) in [6.45, 7) is 3.03. The van der Waals surface area contributed by atoms with Crippen molar-refractivity contribution in [2.45, 2.75) is 31.8 Å². The Morgan fingerprint density at radius 1 is 1.38 bits per heavy atom. The summed E-state index contributed by atoms with van der Waals surface area (Å²) < 4.78 is 1.82. The van der Waals surface area contributed by atoms with Gasteiger partial charge in [-0.3, -0.25) is 9.59 Å². The Balaban J connectivity index is 2.06. The van der Waals surface area contributed by atoms with E-state index < -0.39 is 0 Å². The molecule has 1 fully saturated rings. The van der Waals surface area contributed by atoms with Gasteiger partial charge in [0, 0.05) is 37.7 Å². The third-order valence-electron chi connectivity index (χ3n) is 3.71. The predicted octanol–water partition coefficient (Wildman–Crippen LogP) is 0.566. The number of hydrogen-bond acceptors (Lipinski definition) is 2. The highest BCUT2D eigenvalue weighted by atomic mass is 16.2. The summed E-state index contributed by atoms with van der Waals surface area (Å²) in [5.41, 5.74) is 1.14. The first kappa shape index (κ1) is 9.63. The van der Waals surface area contributed by atoms with Crippen molar-refractivity contribution in [3.05, 3.63) is 34.2 Å². The van der Waals surface area contributed by atoms with Crippen LogP contribution in [0, 0.1) is 0 Å². The van der Waals surface area contributed by atoms with Crippen molar-refractivity contribution in [2.24, 2.45) is 0 Å². The van der Waals surface area contributed by atoms with Crippen LogP contribution in [0.3, 0.4) is 0 Å². The van der Waals surface area contributed by atoms with E-state index in [0.29, 0.717) is 12.5 Å². The normalized spacial score (nSPS) is 26.7. The molecule has 2 aliphatic heterocycles. The highest BCUT2D eigenvalue weighted by Crippen LogP contribution is 2.35. The zero-order valence-electron chi connectivity index (χ0n) is 9.22. The van der Waals surface area contributed by atoms with Crippen molar-refractivity contribution in [3.8, 4) is 0 Å². The molecular weight excluding hydrogens is 204 g/mol. The molecule has 1 amide bonds. The lowest BCUT2D eigenvalue weighted by Crippen LogP contribution is -2.38. The monoisotopic (exact) mass is 218 g/mol. The quantitative estimate of drug-likeness (QED) is 0.638. The van der Waals surface area contributed by atoms with Crippen molar-refractivity contribution in [3.63, 3.8) is 0 Å². The number of nitrogens with zero attached hydrogens (tertiary/aromatic N) is 2. The summed E-state index contributed by atoms with van der Waals surface area (Å²) in [7, 11) is 0. The lowest BCUT2D eigenvalue weighted by molar-refractivity contribution is -0.129. The van der Waals surface area contributed by atoms with Gasteiger partial charge in [-0.25, -0.2) is 0 Å². The van der Waals surface area contributed by atoms with Gasteiger partial charge in [0.25, 0.3) is 5.56 Å². The van der Waals surface area contributed by atoms with Crippen molar-refractivity contribution < 1.29 is 4.79 Å². The van der Waals surface area contributed by atoms with E-state index in [-0.39, 0.29) is 17.5 Å². The van der Waals surface area contributed by atoms with Crippen molar-refractivity contribution in [1.82, 2.24) is 9.47 Å². The average molecular weight is 218 g/mol. The summed E-state index contributed by atoms with van der Waals surface area (Å²) in [5, 5.41) is 0. The van der Waals surface area contributed by atoms with E-state index in [1.807, 2.05) is 21.6 Å². The molecule has 0 aromatic carbocycles. The minimum Gasteiger partial charge on any atom is -0.337 e. The number of aromatic nitrogens is 1. The molecule has 1 aromatic rings. The lowest BCUT2D eigenvalue weighted by atomic mass is 9.97. The van der Waals surface area contributed by atoms with Gasteiger partial charge in [-0.05, 0) is 12.5 Å². The maximum Gasteiger partial charge on any atom is 0.250 e. The SMILES string of the molecule is CC(=O)N1CC2CC1Cn1c2cccc1=O. The van der Waals surface area contributed by atoms with Crippen LogP contribution in [0.4, 0.5) is 0 Å². The molecule has 2 atom stereocenters. The molecule has 3 heterocycles. The van der Waals surface area contributed by atoms with Gasteiger partial charge in [-0.2, -0.15) is 0 Å². The molecule has 2 aliphatic rings. The minimum atomic E-state index is 0.0533. The second-order valence-corrected chi connectivity index (χ2v) is 4.66. The molecule has 84 valence electrons. The Kier molecular flexibility index (Phi) is 1.93. The van der Waals surface area contributed by atoms with Crippen molar-refractivity contribution >= 4 is 5.91 Å². The molecule has 2 bridgehead atoms. The average Bonchev–Trinajstić information content (AvgIpc) is 2.59. The second kappa shape index (κ2) is 3.20. The van der Waals surface area contributed by atoms with Gasteiger partial charge in [0.1, 0.15) is 0 Å². The van der Waals surface area contributed by atoms with E-state index in [4.69, 9.17) is 0 Å². The topological polar surface area (TPSA) is 42.3 Å². The van der Waals surface area contributed by atoms with Gasteiger partial charge in [0.15, 0.2) is 0 Å². The second-order valence-electron chi connectivity index (χ2n) is 4.66. The highest BCUT2D eigenvalue weighted by Gasteiger charge is 2.39. The van der Waals surface area contributed by atoms with Crippen LogP contribution in [-0.2, 0) is 11.3 Å². The van der Waals surface area contributed by atoms with E-state index in [9.17, 15) is 9.59 Å². The van der Waals surface area contributed by atoms with Gasteiger partial charge in [-0.1, -0.05) is 6.07 Å². The fourth-order valence-corrected chi connectivity index (χ4v) is 2.99. The number of rotatable bonds is 0. The maximum atomic E-state index is 11.7. The first-order valence-corrected chi connectivity index (χ1v) is 5.64. The Labute approximate surface area is 93.5 Å². The summed E-state index contributed by atoms with van der Waals surface area (Å²) in [4.78, 5) is 25.1. The largest absolute Gasteiger partial charge is 0.337 e. The van der Waals surface area contributed by atoms with Gasteiger partial charge in [-0.15, -0.1) is 0 Å². The Hall–Kier alpha value is -1.58. The third-order valence-corrected chi connectivity index (χ3v) is 3.71. The minimum absolute atomic E-state index is 0.0533. The van der Waals surface area contributed by atoms with Crippen LogP contribution in [0.5, 0.6) is 0 Å². The van der Waals surface area contributed by atoms with Crippen LogP contribution in [0.15, 0.2) is 23.0 Å². The van der Waals surface area contributed by atoms with Crippen LogP contribution in [0.2, 0.25) is 0 Å². The maximum absolute atomic E-state index is 11.7. The van der Waals surface area contributed by atoms with Gasteiger partial charge in [0.05, 0.1) is 6.04 Å². The molecular formula is C12H14N2O2. The summed E-state index contributed by atoms with van der Waals surface area (Å²) in [6, 6.07) is 5.62. The molecule has 2 unspecified atom stereocenters. The molecule has 4 heteroatoms. The van der Waals surface area contributed by atoms with Gasteiger partial charge >= 0.3 is 0 Å². The van der Waals surface area contributed by atoms with Crippen molar-refractivity contribution in [1.29, 1.82) is 0 Å². The van der Waals surface area contributed by atoms with Crippen LogP contribution < -0.4 is 5.56 Å². The molecule has 0 spiro atoms. The lowest BCUT2D eigenvalue weighted by Gasteiger charge is -2.26. The zero-order valence-corrected chi connectivity index (χ0v) is 9.22. The van der Waals surface area contributed by atoms with Crippen LogP contribution in [0.25, 0.3) is 0 Å². The molecule has 0 radical (unpaired) electrons. The number of carbonyl (C=O) groups is 1. The van der Waals surface area contributed by atoms with E-state index in [1.165, 1.54) is 0 Å². The Bertz CT molecular complexity index is 506. The van der Waals surface area contributed by atoms with E-state index in [1.54, 1.807) is 13.0 Å². The number of amides is 1. The molecule has 1 aromatic heterocycles. The third kappa shape index (κ3) is 1.22. The van der Waals surface area contributed by atoms with Crippen LogP contribution in [0.1, 0.15) is 25.0 Å². The fourth-order valence-electron chi connectivity index (χ4n) is 2.99. The molecule has 1 saturated heterocycles. The molecule has 0 N–H and O–H groups in total. The standard InChI is InChI=1S/C12H14N2O2/c1-8(15)13-6-9-5-10(13)7-14-11(9)3-2-4-12(14)16/h2-4,9-10H,5-7H2,1H3. The number of carbonyl (C=O) groups excluding carboxylic acids is 1. The van der Waals surface area contributed by atoms with Crippen LogP contribution in [-0.4, -0.2) is 28.0 Å². The van der Waals surface area contributed by atoms with Gasteiger partial charge in [0.2, 0.25) is 5.91 Å². The number of fused-ring (bicyclic) bond motifs is 4. The predicted molar refractivity (Wildman–Crippen MR) is 59.2 cm³/mol. The van der Waals surface area contributed by atoms with Gasteiger partial charge < -0.3 is 9.47 Å². The zero-order chi connectivity index (χ0) is 11.3. The summed E-state index contributed by atoms with van der Waals surface area (Å²) >= 11 is 0. The number of pyridine rings is 1. The first-order valence-electron chi connectivity index (χ1n) is 5.64. The van der Waals surface area contributed by atoms with E-state index >= 15 is 0 Å². The highest BCUT2D eigenvalue weighted by molar-refractivity contribution is 5.74. The summed E-state index contributed by atoms with van der Waals surface area (Å²) in [5.74, 6) is 0.463. The molecule has 4 nitrogen and oxygen atoms in total. The molecule has 3 rings (SSSR count). The fraction of sp³-hybridized carbons (Fsp3) is 0.500. The number of hydrogen-bond donors (Lipinski definition) is 0. The Morgan fingerprint density at radius 3 is 2.94 bits per heavy atom. The number of likely N-dealkylation sites (tertiary alicyclic amines) is 1. The van der Waals surface area contributed by atoms with E-state index in [0.717, 1.165) is 18.7 Å². The molecule has 0 aliphatic carbocycles. The summed E-state index contributed by atoms with van der Waals surface area (Å²) in [6.07, 6.45) is 1.00. The molecule has 0 saturated carbocycles. The molecule has 16 heavy (non-hydrogen) atoms. The first-order chi connectivity index (χ1) is 7.66. The van der Waals surface area contributed by atoms with Crippen molar-refractivity contribution in [2.75, 3.05) is 6.54 Å². The van der Waals surface area contributed by atoms with Crippen LogP contribution >= 0.6 is 0 Å². The Morgan fingerprint density at radius 2 is 2.19 bits per heavy atom.